The zero-order valence-electron chi connectivity index (χ0n) is 17.5. The first kappa shape index (κ1) is 22.6. The second kappa shape index (κ2) is 9.52. The third kappa shape index (κ3) is 4.79. The number of carbonyl (C=O) groups is 1. The molecule has 4 aromatic rings. The maximum absolute atomic E-state index is 13.3. The lowest BCUT2D eigenvalue weighted by atomic mass is 10.2. The molecule has 1 amide bonds. The molecule has 0 saturated carbocycles. The number of anilines is 1. The fourth-order valence-corrected chi connectivity index (χ4v) is 3.91. The molecule has 0 aliphatic rings. The predicted molar refractivity (Wildman–Crippen MR) is 130 cm³/mol. The van der Waals surface area contributed by atoms with Gasteiger partial charge in [0.25, 0.3) is 5.56 Å². The van der Waals surface area contributed by atoms with E-state index < -0.39 is 17.2 Å². The molecule has 4 rings (SSSR count). The maximum Gasteiger partial charge on any atom is 0.332 e. The van der Waals surface area contributed by atoms with Crippen LogP contribution in [-0.4, -0.2) is 22.2 Å². The number of hydrogen-bond donors (Lipinski definition) is 1. The molecule has 0 unspecified atom stereocenters. The Labute approximate surface area is 198 Å². The number of ether oxygens (including phenoxy) is 1. The highest BCUT2D eigenvalue weighted by molar-refractivity contribution is 6.32. The van der Waals surface area contributed by atoms with Crippen molar-refractivity contribution in [3.05, 3.63) is 103 Å². The largest absolute Gasteiger partial charge is 0.495 e. The number of hydrogen-bond acceptors (Lipinski definition) is 4. The molecule has 0 aliphatic carbocycles. The van der Waals surface area contributed by atoms with E-state index in [0.717, 1.165) is 10.1 Å². The van der Waals surface area contributed by atoms with Crippen LogP contribution in [-0.2, 0) is 17.9 Å². The first-order valence-electron chi connectivity index (χ1n) is 9.97. The van der Waals surface area contributed by atoms with Gasteiger partial charge in [-0.3, -0.25) is 18.7 Å². The van der Waals surface area contributed by atoms with E-state index in [1.807, 2.05) is 0 Å². The zero-order valence-corrected chi connectivity index (χ0v) is 19.1. The molecular weight excluding hydrogens is 465 g/mol. The Morgan fingerprint density at radius 1 is 0.970 bits per heavy atom. The van der Waals surface area contributed by atoms with Crippen LogP contribution in [0.5, 0.6) is 5.75 Å². The Hall–Kier alpha value is -3.55. The second-order valence-corrected chi connectivity index (χ2v) is 8.14. The van der Waals surface area contributed by atoms with Gasteiger partial charge in [0.2, 0.25) is 5.91 Å². The molecule has 33 heavy (non-hydrogen) atoms. The topological polar surface area (TPSA) is 82.3 Å². The monoisotopic (exact) mass is 483 g/mol. The summed E-state index contributed by atoms with van der Waals surface area (Å²) >= 11 is 12.1. The quantitative estimate of drug-likeness (QED) is 0.446. The van der Waals surface area contributed by atoms with Gasteiger partial charge in [-0.2, -0.15) is 0 Å². The third-order valence-electron chi connectivity index (χ3n) is 5.12. The van der Waals surface area contributed by atoms with Gasteiger partial charge in [0.1, 0.15) is 12.3 Å². The van der Waals surface area contributed by atoms with Crippen LogP contribution in [0.25, 0.3) is 10.9 Å². The van der Waals surface area contributed by atoms with Crippen LogP contribution in [0.2, 0.25) is 10.0 Å². The highest BCUT2D eigenvalue weighted by Gasteiger charge is 2.16. The molecule has 0 fully saturated rings. The fourth-order valence-electron chi connectivity index (χ4n) is 3.52. The van der Waals surface area contributed by atoms with Gasteiger partial charge < -0.3 is 10.1 Å². The molecule has 1 heterocycles. The van der Waals surface area contributed by atoms with Crippen molar-refractivity contribution in [3.8, 4) is 5.75 Å². The van der Waals surface area contributed by atoms with Crippen molar-refractivity contribution < 1.29 is 9.53 Å². The Morgan fingerprint density at radius 2 is 1.70 bits per heavy atom. The summed E-state index contributed by atoms with van der Waals surface area (Å²) in [6.07, 6.45) is 0. The van der Waals surface area contributed by atoms with Gasteiger partial charge >= 0.3 is 5.69 Å². The number of amides is 1. The van der Waals surface area contributed by atoms with Gasteiger partial charge in [-0.05, 0) is 48.0 Å². The van der Waals surface area contributed by atoms with Crippen molar-refractivity contribution >= 4 is 45.7 Å². The summed E-state index contributed by atoms with van der Waals surface area (Å²) in [7, 11) is 1.50. The van der Waals surface area contributed by atoms with E-state index in [2.05, 4.69) is 5.32 Å². The lowest BCUT2D eigenvalue weighted by molar-refractivity contribution is -0.116. The van der Waals surface area contributed by atoms with Gasteiger partial charge in [-0.15, -0.1) is 0 Å². The Morgan fingerprint density at radius 3 is 2.39 bits per heavy atom. The Balaban J connectivity index is 1.71. The number of para-hydroxylation sites is 1. The van der Waals surface area contributed by atoms with Crippen LogP contribution in [0, 0.1) is 0 Å². The van der Waals surface area contributed by atoms with Crippen molar-refractivity contribution in [2.75, 3.05) is 12.4 Å². The van der Waals surface area contributed by atoms with Crippen molar-refractivity contribution in [1.29, 1.82) is 0 Å². The molecule has 3 aromatic carbocycles. The smallest absolute Gasteiger partial charge is 0.332 e. The second-order valence-electron chi connectivity index (χ2n) is 7.30. The van der Waals surface area contributed by atoms with E-state index in [-0.39, 0.29) is 13.1 Å². The third-order valence-corrected chi connectivity index (χ3v) is 5.67. The van der Waals surface area contributed by atoms with E-state index in [4.69, 9.17) is 27.9 Å². The first-order chi connectivity index (χ1) is 15.9. The number of aromatic nitrogens is 2. The first-order valence-corrected chi connectivity index (χ1v) is 10.7. The number of halogens is 2. The summed E-state index contributed by atoms with van der Waals surface area (Å²) in [5, 5.41) is 3.96. The molecule has 0 radical (unpaired) electrons. The van der Waals surface area contributed by atoms with Gasteiger partial charge in [0.05, 0.1) is 29.6 Å². The lowest BCUT2D eigenvalue weighted by Crippen LogP contribution is -2.42. The molecule has 0 saturated heterocycles. The number of nitrogens with zero attached hydrogens (tertiary/aromatic N) is 2. The molecule has 7 nitrogen and oxygen atoms in total. The number of carbonyl (C=O) groups excluding carboxylic acids is 1. The van der Waals surface area contributed by atoms with Crippen molar-refractivity contribution in [2.45, 2.75) is 13.1 Å². The van der Waals surface area contributed by atoms with Crippen LogP contribution < -0.4 is 21.3 Å². The van der Waals surface area contributed by atoms with Gasteiger partial charge in [-0.1, -0.05) is 47.5 Å². The summed E-state index contributed by atoms with van der Waals surface area (Å²) in [5.74, 6) is 0.0336. The molecule has 0 aliphatic heterocycles. The molecule has 9 heteroatoms. The fraction of sp³-hybridized carbons (Fsp3) is 0.125. The van der Waals surface area contributed by atoms with Crippen LogP contribution >= 0.6 is 23.2 Å². The summed E-state index contributed by atoms with van der Waals surface area (Å²) < 4.78 is 7.51. The Kier molecular flexibility index (Phi) is 6.53. The SMILES string of the molecule is COc1ccc(NC(=O)Cn2c(=O)n(Cc3ccc(Cl)cc3)c(=O)c3ccccc32)cc1Cl. The molecule has 0 spiro atoms. The molecule has 0 bridgehead atoms. The highest BCUT2D eigenvalue weighted by atomic mass is 35.5. The average Bonchev–Trinajstić information content (AvgIpc) is 2.81. The molecule has 0 atom stereocenters. The summed E-state index contributed by atoms with van der Waals surface area (Å²) in [5.41, 5.74) is 0.555. The summed E-state index contributed by atoms with van der Waals surface area (Å²) in [6, 6.07) is 18.4. The van der Waals surface area contributed by atoms with Crippen LogP contribution in [0.1, 0.15) is 5.56 Å². The minimum absolute atomic E-state index is 0.0510. The number of fused-ring (bicyclic) bond motifs is 1. The molecule has 1 aromatic heterocycles. The van der Waals surface area contributed by atoms with Crippen molar-refractivity contribution in [3.63, 3.8) is 0 Å². The van der Waals surface area contributed by atoms with E-state index in [1.54, 1.807) is 66.7 Å². The molecular formula is C24H19Cl2N3O4. The van der Waals surface area contributed by atoms with Crippen LogP contribution in [0.3, 0.4) is 0 Å². The van der Waals surface area contributed by atoms with Gasteiger partial charge in [0.15, 0.2) is 0 Å². The van der Waals surface area contributed by atoms with E-state index >= 15 is 0 Å². The average molecular weight is 484 g/mol. The number of methoxy groups -OCH3 is 1. The minimum Gasteiger partial charge on any atom is -0.495 e. The lowest BCUT2D eigenvalue weighted by Gasteiger charge is -2.14. The van der Waals surface area contributed by atoms with Crippen LogP contribution in [0.15, 0.2) is 76.3 Å². The number of rotatable bonds is 6. The normalized spacial score (nSPS) is 10.9. The summed E-state index contributed by atoms with van der Waals surface area (Å²) in [4.78, 5) is 39.1. The zero-order chi connectivity index (χ0) is 23.5. The van der Waals surface area contributed by atoms with E-state index in [9.17, 15) is 14.4 Å². The maximum atomic E-state index is 13.3. The summed E-state index contributed by atoms with van der Waals surface area (Å²) in [6.45, 7) is -0.237. The van der Waals surface area contributed by atoms with Crippen LogP contribution in [0.4, 0.5) is 5.69 Å². The number of benzene rings is 3. The number of nitrogens with one attached hydrogen (secondary N) is 1. The van der Waals surface area contributed by atoms with E-state index in [0.29, 0.717) is 32.4 Å². The molecule has 168 valence electrons. The standard InChI is InChI=1S/C24H19Cl2N3O4/c1-33-21-11-10-17(12-19(21)26)27-22(30)14-28-20-5-3-2-4-18(20)23(31)29(24(28)32)13-15-6-8-16(25)9-7-15/h2-12H,13-14H2,1H3,(H,27,30). The highest BCUT2D eigenvalue weighted by Crippen LogP contribution is 2.27. The Bertz CT molecular complexity index is 1460. The van der Waals surface area contributed by atoms with Crippen molar-refractivity contribution in [2.24, 2.45) is 0 Å². The predicted octanol–water partition coefficient (Wildman–Crippen LogP) is 4.17. The minimum atomic E-state index is -0.587. The van der Waals surface area contributed by atoms with E-state index in [1.165, 1.54) is 11.7 Å². The van der Waals surface area contributed by atoms with Gasteiger partial charge in [0, 0.05) is 10.7 Å². The van der Waals surface area contributed by atoms with Gasteiger partial charge in [-0.25, -0.2) is 4.79 Å². The van der Waals surface area contributed by atoms with Crippen molar-refractivity contribution in [1.82, 2.24) is 9.13 Å². The molecule has 1 N–H and O–H groups in total.